The molecule has 30 heavy (non-hydrogen) atoms. The summed E-state index contributed by atoms with van der Waals surface area (Å²) in [5.41, 5.74) is 0.764. The average molecular weight is 416 g/mol. The minimum atomic E-state index is -4.56. The van der Waals surface area contributed by atoms with E-state index in [1.807, 2.05) is 0 Å². The fraction of sp³-hybridized carbons (Fsp3) is 0.182. The van der Waals surface area contributed by atoms with Crippen molar-refractivity contribution in [1.29, 1.82) is 0 Å². The van der Waals surface area contributed by atoms with E-state index in [1.54, 1.807) is 26.8 Å². The van der Waals surface area contributed by atoms with E-state index >= 15 is 0 Å². The number of aromatic carboxylic acids is 1. The number of alkyl halides is 3. The zero-order valence-corrected chi connectivity index (χ0v) is 16.5. The molecule has 0 atom stereocenters. The molecular formula is C22H19F3N2O3. The number of hydrogen-bond donors (Lipinski definition) is 2. The van der Waals surface area contributed by atoms with Crippen LogP contribution in [0.3, 0.4) is 0 Å². The van der Waals surface area contributed by atoms with Crippen molar-refractivity contribution in [2.24, 2.45) is 0 Å². The second kappa shape index (κ2) is 7.70. The molecule has 0 aliphatic carbocycles. The molecule has 1 amide bonds. The molecule has 0 aliphatic heterocycles. The van der Waals surface area contributed by atoms with Crippen LogP contribution in [0, 0.1) is 20.8 Å². The maximum atomic E-state index is 13.5. The number of nitrogens with zero attached hydrogens (tertiary/aromatic N) is 1. The van der Waals surface area contributed by atoms with Crippen molar-refractivity contribution in [3.05, 3.63) is 82.2 Å². The van der Waals surface area contributed by atoms with E-state index in [0.29, 0.717) is 17.0 Å². The summed E-state index contributed by atoms with van der Waals surface area (Å²) in [5.74, 6) is -1.80. The van der Waals surface area contributed by atoms with Crippen LogP contribution in [0.5, 0.6) is 0 Å². The zero-order chi connectivity index (χ0) is 22.2. The number of carbonyl (C=O) groups excluding carboxylic acids is 1. The molecule has 5 nitrogen and oxygen atoms in total. The molecule has 0 saturated carbocycles. The normalized spacial score (nSPS) is 11.4. The molecule has 8 heteroatoms. The van der Waals surface area contributed by atoms with Crippen LogP contribution in [0.2, 0.25) is 0 Å². The van der Waals surface area contributed by atoms with Crippen molar-refractivity contribution in [3.8, 4) is 5.69 Å². The maximum Gasteiger partial charge on any atom is 0.418 e. The summed E-state index contributed by atoms with van der Waals surface area (Å²) >= 11 is 0. The largest absolute Gasteiger partial charge is 0.478 e. The quantitative estimate of drug-likeness (QED) is 0.601. The molecule has 2 N–H and O–H groups in total. The lowest BCUT2D eigenvalue weighted by molar-refractivity contribution is -0.137. The molecule has 156 valence electrons. The molecule has 3 rings (SSSR count). The van der Waals surface area contributed by atoms with E-state index < -0.39 is 23.6 Å². The molecule has 0 radical (unpaired) electrons. The van der Waals surface area contributed by atoms with Gasteiger partial charge in [0.2, 0.25) is 0 Å². The van der Waals surface area contributed by atoms with Gasteiger partial charge < -0.3 is 15.0 Å². The maximum absolute atomic E-state index is 13.5. The van der Waals surface area contributed by atoms with Crippen molar-refractivity contribution >= 4 is 17.6 Å². The number of carboxylic acids is 1. The Kier molecular flexibility index (Phi) is 5.43. The molecule has 0 fully saturated rings. The number of halogens is 3. The highest BCUT2D eigenvalue weighted by Gasteiger charge is 2.34. The summed E-state index contributed by atoms with van der Waals surface area (Å²) in [6.45, 7) is 4.87. The van der Waals surface area contributed by atoms with Crippen molar-refractivity contribution in [2.45, 2.75) is 26.9 Å². The Hall–Kier alpha value is -3.55. The van der Waals surface area contributed by atoms with Crippen LogP contribution in [-0.4, -0.2) is 21.6 Å². The first-order chi connectivity index (χ1) is 14.0. The van der Waals surface area contributed by atoms with Gasteiger partial charge >= 0.3 is 12.1 Å². The van der Waals surface area contributed by atoms with E-state index in [4.69, 9.17) is 0 Å². The third-order valence-electron chi connectivity index (χ3n) is 4.78. The van der Waals surface area contributed by atoms with E-state index in [-0.39, 0.29) is 22.5 Å². The van der Waals surface area contributed by atoms with Crippen LogP contribution in [0.25, 0.3) is 5.69 Å². The summed E-state index contributed by atoms with van der Waals surface area (Å²) < 4.78 is 41.7. The van der Waals surface area contributed by atoms with Gasteiger partial charge in [-0.25, -0.2) is 4.79 Å². The fourth-order valence-electron chi connectivity index (χ4n) is 3.41. The second-order valence-electron chi connectivity index (χ2n) is 6.94. The highest BCUT2D eigenvalue weighted by Crippen LogP contribution is 2.35. The Morgan fingerprint density at radius 1 is 0.967 bits per heavy atom. The van der Waals surface area contributed by atoms with Crippen molar-refractivity contribution in [1.82, 2.24) is 4.57 Å². The van der Waals surface area contributed by atoms with Gasteiger partial charge in [0.25, 0.3) is 5.91 Å². The summed E-state index contributed by atoms with van der Waals surface area (Å²) in [4.78, 5) is 24.3. The molecule has 0 spiro atoms. The molecule has 3 aromatic rings. The minimum absolute atomic E-state index is 0.0698. The number of aromatic nitrogens is 1. The Bertz CT molecular complexity index is 1150. The van der Waals surface area contributed by atoms with Crippen molar-refractivity contribution in [3.63, 3.8) is 0 Å². The molecule has 2 aromatic carbocycles. The molecule has 0 bridgehead atoms. The van der Waals surface area contributed by atoms with Crippen molar-refractivity contribution in [2.75, 3.05) is 5.32 Å². The third-order valence-corrected chi connectivity index (χ3v) is 4.78. The number of benzene rings is 2. The van der Waals surface area contributed by atoms with Crippen molar-refractivity contribution < 1.29 is 27.9 Å². The first-order valence-corrected chi connectivity index (χ1v) is 9.01. The van der Waals surface area contributed by atoms with E-state index in [0.717, 1.165) is 6.07 Å². The number of rotatable bonds is 4. The van der Waals surface area contributed by atoms with Crippen LogP contribution < -0.4 is 5.32 Å². The van der Waals surface area contributed by atoms with Gasteiger partial charge in [-0.2, -0.15) is 13.2 Å². The number of aryl methyl sites for hydroxylation is 2. The van der Waals surface area contributed by atoms with Crippen LogP contribution >= 0.6 is 0 Å². The predicted molar refractivity (Wildman–Crippen MR) is 106 cm³/mol. The minimum Gasteiger partial charge on any atom is -0.478 e. The summed E-state index contributed by atoms with van der Waals surface area (Å²) in [6, 6.07) is 11.2. The number of carbonyl (C=O) groups is 2. The monoisotopic (exact) mass is 416 g/mol. The highest BCUT2D eigenvalue weighted by atomic mass is 19.4. The molecule has 0 unspecified atom stereocenters. The number of hydrogen-bond acceptors (Lipinski definition) is 2. The number of para-hydroxylation sites is 1. The van der Waals surface area contributed by atoms with Crippen LogP contribution in [0.1, 0.15) is 43.2 Å². The van der Waals surface area contributed by atoms with Crippen LogP contribution in [0.15, 0.2) is 48.5 Å². The lowest BCUT2D eigenvalue weighted by Crippen LogP contribution is -2.16. The Morgan fingerprint density at radius 2 is 1.63 bits per heavy atom. The lowest BCUT2D eigenvalue weighted by Gasteiger charge is -2.17. The number of anilines is 1. The summed E-state index contributed by atoms with van der Waals surface area (Å²) in [6.07, 6.45) is -4.56. The first kappa shape index (κ1) is 21.2. The van der Waals surface area contributed by atoms with E-state index in [1.165, 1.54) is 41.0 Å². The van der Waals surface area contributed by atoms with Gasteiger partial charge in [-0.1, -0.05) is 23.8 Å². The number of carboxylic acid groups (broad SMARTS) is 1. The number of amides is 1. The Labute approximate surface area is 170 Å². The highest BCUT2D eigenvalue weighted by molar-refractivity contribution is 6.08. The Morgan fingerprint density at radius 3 is 2.27 bits per heavy atom. The van der Waals surface area contributed by atoms with Gasteiger partial charge in [-0.05, 0) is 51.1 Å². The third kappa shape index (κ3) is 3.94. The summed E-state index contributed by atoms with van der Waals surface area (Å²) in [5, 5.41) is 11.9. The molecular weight excluding hydrogens is 397 g/mol. The fourth-order valence-corrected chi connectivity index (χ4v) is 3.41. The van der Waals surface area contributed by atoms with Gasteiger partial charge in [-0.3, -0.25) is 4.79 Å². The van der Waals surface area contributed by atoms with Crippen LogP contribution in [-0.2, 0) is 6.18 Å². The van der Waals surface area contributed by atoms with Gasteiger partial charge in [0.1, 0.15) is 0 Å². The average Bonchev–Trinajstić information content (AvgIpc) is 2.96. The topological polar surface area (TPSA) is 71.3 Å². The van der Waals surface area contributed by atoms with Gasteiger partial charge in [0.15, 0.2) is 0 Å². The van der Waals surface area contributed by atoms with E-state index in [9.17, 15) is 27.9 Å². The van der Waals surface area contributed by atoms with Gasteiger partial charge in [0.05, 0.1) is 28.1 Å². The van der Waals surface area contributed by atoms with Crippen LogP contribution in [0.4, 0.5) is 18.9 Å². The molecule has 1 aromatic heterocycles. The second-order valence-corrected chi connectivity index (χ2v) is 6.94. The van der Waals surface area contributed by atoms with E-state index in [2.05, 4.69) is 5.32 Å². The standard InChI is InChI=1S/C22H19F3N2O3/c1-12-8-9-18(16(10-12)21(29)30)26-20(28)15-11-13(2)27(14(15)3)19-7-5-4-6-17(19)22(23,24)25/h4-11H,1-3H3,(H,26,28)(H,29,30). The molecule has 0 saturated heterocycles. The smallest absolute Gasteiger partial charge is 0.418 e. The lowest BCUT2D eigenvalue weighted by atomic mass is 10.1. The summed E-state index contributed by atoms with van der Waals surface area (Å²) in [7, 11) is 0. The first-order valence-electron chi connectivity index (χ1n) is 9.01. The zero-order valence-electron chi connectivity index (χ0n) is 16.5. The number of nitrogens with one attached hydrogen (secondary N) is 1. The molecule has 1 heterocycles. The Balaban J connectivity index is 2.04. The van der Waals surface area contributed by atoms with Gasteiger partial charge in [0, 0.05) is 11.4 Å². The molecule has 0 aliphatic rings. The predicted octanol–water partition coefficient (Wildman–Crippen LogP) is 5.37. The van der Waals surface area contributed by atoms with Gasteiger partial charge in [-0.15, -0.1) is 0 Å². The SMILES string of the molecule is Cc1ccc(NC(=O)c2cc(C)n(-c3ccccc3C(F)(F)F)c2C)c(C(=O)O)c1.